The van der Waals surface area contributed by atoms with Gasteiger partial charge in [-0.1, -0.05) is 37.0 Å². The normalized spacial score (nSPS) is 12.1. The zero-order valence-electron chi connectivity index (χ0n) is 11.6. The summed E-state index contributed by atoms with van der Waals surface area (Å²) in [6, 6.07) is 4.45. The highest BCUT2D eigenvalue weighted by Crippen LogP contribution is 2.22. The van der Waals surface area contributed by atoms with Crippen LogP contribution in [0.25, 0.3) is 0 Å². The van der Waals surface area contributed by atoms with Crippen LogP contribution in [0, 0.1) is 5.92 Å². The lowest BCUT2D eigenvalue weighted by Crippen LogP contribution is -2.37. The summed E-state index contributed by atoms with van der Waals surface area (Å²) in [7, 11) is 0. The molecule has 1 atom stereocenters. The van der Waals surface area contributed by atoms with Crippen molar-refractivity contribution in [3.63, 3.8) is 0 Å². The lowest BCUT2D eigenvalue weighted by Gasteiger charge is -2.15. The van der Waals surface area contributed by atoms with Crippen molar-refractivity contribution in [1.82, 2.24) is 5.32 Å². The summed E-state index contributed by atoms with van der Waals surface area (Å²) in [5, 5.41) is 3.31. The highest BCUT2D eigenvalue weighted by Gasteiger charge is 2.20. The predicted molar refractivity (Wildman–Crippen MR) is 79.2 cm³/mol. The van der Waals surface area contributed by atoms with Gasteiger partial charge >= 0.3 is 5.97 Å². The molecule has 0 bridgehead atoms. The summed E-state index contributed by atoms with van der Waals surface area (Å²) >= 11 is 11.7. The third-order valence-corrected chi connectivity index (χ3v) is 3.04. The molecule has 1 aromatic rings. The van der Waals surface area contributed by atoms with Crippen LogP contribution >= 0.6 is 23.2 Å². The number of carbonyl (C=O) groups excluding carboxylic acids is 2. The SMILES string of the molecule is CC(C)CNC(=O)[C@@H](C)OC(=O)c1ccc(Cl)cc1Cl. The van der Waals surface area contributed by atoms with Gasteiger partial charge in [0.05, 0.1) is 10.6 Å². The van der Waals surface area contributed by atoms with Gasteiger partial charge < -0.3 is 10.1 Å². The van der Waals surface area contributed by atoms with Crippen molar-refractivity contribution in [3.8, 4) is 0 Å². The molecule has 1 rings (SSSR count). The number of benzene rings is 1. The van der Waals surface area contributed by atoms with E-state index in [-0.39, 0.29) is 16.5 Å². The maximum atomic E-state index is 11.9. The van der Waals surface area contributed by atoms with E-state index < -0.39 is 12.1 Å². The molecule has 0 heterocycles. The van der Waals surface area contributed by atoms with Crippen molar-refractivity contribution in [2.75, 3.05) is 6.54 Å². The molecule has 1 amide bonds. The van der Waals surface area contributed by atoms with Crippen molar-refractivity contribution < 1.29 is 14.3 Å². The molecule has 0 radical (unpaired) electrons. The molecule has 6 heteroatoms. The first kappa shape index (κ1) is 16.8. The average Bonchev–Trinajstić information content (AvgIpc) is 2.35. The molecule has 110 valence electrons. The average molecular weight is 318 g/mol. The van der Waals surface area contributed by atoms with E-state index in [1.54, 1.807) is 0 Å². The Kier molecular flexibility index (Phi) is 6.30. The van der Waals surface area contributed by atoms with Crippen LogP contribution in [0.4, 0.5) is 0 Å². The van der Waals surface area contributed by atoms with Crippen molar-refractivity contribution in [3.05, 3.63) is 33.8 Å². The molecule has 0 aliphatic carbocycles. The second-order valence-corrected chi connectivity index (χ2v) is 5.65. The molecule has 4 nitrogen and oxygen atoms in total. The number of amides is 1. The first-order chi connectivity index (χ1) is 9.31. The number of halogens is 2. The smallest absolute Gasteiger partial charge is 0.340 e. The molecular formula is C14H17Cl2NO3. The topological polar surface area (TPSA) is 55.4 Å². The van der Waals surface area contributed by atoms with Gasteiger partial charge in [0, 0.05) is 11.6 Å². The lowest BCUT2D eigenvalue weighted by molar-refractivity contribution is -0.129. The van der Waals surface area contributed by atoms with E-state index in [4.69, 9.17) is 27.9 Å². The molecule has 1 N–H and O–H groups in total. The first-order valence-corrected chi connectivity index (χ1v) is 7.00. The van der Waals surface area contributed by atoms with Crippen LogP contribution in [0.1, 0.15) is 31.1 Å². The molecular weight excluding hydrogens is 301 g/mol. The van der Waals surface area contributed by atoms with Crippen molar-refractivity contribution in [2.24, 2.45) is 5.92 Å². The van der Waals surface area contributed by atoms with Crippen LogP contribution < -0.4 is 5.32 Å². The Labute approximate surface area is 128 Å². The zero-order valence-corrected chi connectivity index (χ0v) is 13.1. The number of carbonyl (C=O) groups is 2. The van der Waals surface area contributed by atoms with Crippen LogP contribution in [0.3, 0.4) is 0 Å². The minimum Gasteiger partial charge on any atom is -0.449 e. The van der Waals surface area contributed by atoms with E-state index in [2.05, 4.69) is 5.32 Å². The Hall–Kier alpha value is -1.26. The van der Waals surface area contributed by atoms with E-state index >= 15 is 0 Å². The fraction of sp³-hybridized carbons (Fsp3) is 0.429. The van der Waals surface area contributed by atoms with E-state index in [0.717, 1.165) is 0 Å². The van der Waals surface area contributed by atoms with Crippen LogP contribution in [0.5, 0.6) is 0 Å². The quantitative estimate of drug-likeness (QED) is 0.848. The first-order valence-electron chi connectivity index (χ1n) is 6.25. The Morgan fingerprint density at radius 2 is 1.90 bits per heavy atom. The largest absolute Gasteiger partial charge is 0.449 e. The van der Waals surface area contributed by atoms with E-state index in [1.165, 1.54) is 25.1 Å². The predicted octanol–water partition coefficient (Wildman–Crippen LogP) is 3.31. The fourth-order valence-corrected chi connectivity index (χ4v) is 1.87. The van der Waals surface area contributed by atoms with Gasteiger partial charge in [0.1, 0.15) is 0 Å². The van der Waals surface area contributed by atoms with Crippen LogP contribution in [0.2, 0.25) is 10.0 Å². The summed E-state index contributed by atoms with van der Waals surface area (Å²) in [5.41, 5.74) is 0.180. The highest BCUT2D eigenvalue weighted by molar-refractivity contribution is 6.36. The summed E-state index contributed by atoms with van der Waals surface area (Å²) in [6.07, 6.45) is -0.881. The molecule has 0 saturated carbocycles. The third-order valence-electron chi connectivity index (χ3n) is 2.49. The monoisotopic (exact) mass is 317 g/mol. The van der Waals surface area contributed by atoms with Crippen LogP contribution in [-0.4, -0.2) is 24.5 Å². The van der Waals surface area contributed by atoms with Gasteiger partial charge in [-0.15, -0.1) is 0 Å². The van der Waals surface area contributed by atoms with E-state index in [1.807, 2.05) is 13.8 Å². The number of ether oxygens (including phenoxy) is 1. The van der Waals surface area contributed by atoms with Gasteiger partial charge in [-0.2, -0.15) is 0 Å². The number of rotatable bonds is 5. The molecule has 1 aromatic carbocycles. The molecule has 0 fully saturated rings. The summed E-state index contributed by atoms with van der Waals surface area (Å²) in [5.74, 6) is -0.663. The van der Waals surface area contributed by atoms with E-state index in [9.17, 15) is 9.59 Å². The molecule has 0 saturated heterocycles. The Morgan fingerprint density at radius 3 is 2.45 bits per heavy atom. The second-order valence-electron chi connectivity index (χ2n) is 4.81. The molecule has 0 aliphatic heterocycles. The van der Waals surface area contributed by atoms with Gasteiger partial charge in [-0.05, 0) is 31.0 Å². The fourth-order valence-electron chi connectivity index (χ4n) is 1.38. The van der Waals surface area contributed by atoms with E-state index in [0.29, 0.717) is 17.5 Å². The van der Waals surface area contributed by atoms with Crippen LogP contribution in [0.15, 0.2) is 18.2 Å². The number of esters is 1. The number of nitrogens with one attached hydrogen (secondary N) is 1. The minimum absolute atomic E-state index is 0.180. The summed E-state index contributed by atoms with van der Waals surface area (Å²) in [4.78, 5) is 23.6. The Morgan fingerprint density at radius 1 is 1.25 bits per heavy atom. The summed E-state index contributed by atoms with van der Waals surface area (Å²) < 4.78 is 5.07. The zero-order chi connectivity index (χ0) is 15.3. The highest BCUT2D eigenvalue weighted by atomic mass is 35.5. The molecule has 0 unspecified atom stereocenters. The van der Waals surface area contributed by atoms with Crippen molar-refractivity contribution in [2.45, 2.75) is 26.9 Å². The lowest BCUT2D eigenvalue weighted by atomic mass is 10.2. The molecule has 0 spiro atoms. The number of hydrogen-bond acceptors (Lipinski definition) is 3. The summed E-state index contributed by atoms with van der Waals surface area (Å²) in [6.45, 7) is 5.99. The third kappa shape index (κ3) is 5.02. The Bertz CT molecular complexity index is 503. The second kappa shape index (κ2) is 7.50. The molecule has 0 aliphatic rings. The molecule has 0 aromatic heterocycles. The van der Waals surface area contributed by atoms with Gasteiger partial charge in [0.15, 0.2) is 6.10 Å². The molecule has 20 heavy (non-hydrogen) atoms. The van der Waals surface area contributed by atoms with Gasteiger partial charge in [-0.3, -0.25) is 4.79 Å². The van der Waals surface area contributed by atoms with Gasteiger partial charge in [-0.25, -0.2) is 4.79 Å². The number of hydrogen-bond donors (Lipinski definition) is 1. The van der Waals surface area contributed by atoms with Crippen molar-refractivity contribution >= 4 is 35.1 Å². The standard InChI is InChI=1S/C14H17Cl2NO3/c1-8(2)7-17-13(18)9(3)20-14(19)11-5-4-10(15)6-12(11)16/h4-6,8-9H,7H2,1-3H3,(H,17,18)/t9-/m1/s1. The maximum absolute atomic E-state index is 11.9. The van der Waals surface area contributed by atoms with Gasteiger partial charge in [0.25, 0.3) is 5.91 Å². The van der Waals surface area contributed by atoms with Crippen molar-refractivity contribution in [1.29, 1.82) is 0 Å². The van der Waals surface area contributed by atoms with Crippen LogP contribution in [-0.2, 0) is 9.53 Å². The maximum Gasteiger partial charge on any atom is 0.340 e. The Balaban J connectivity index is 2.63. The van der Waals surface area contributed by atoms with Gasteiger partial charge in [0.2, 0.25) is 0 Å². The minimum atomic E-state index is -0.881.